The molecule has 0 bridgehead atoms. The zero-order valence-corrected chi connectivity index (χ0v) is 17.4. The third-order valence-corrected chi connectivity index (χ3v) is 6.48. The zero-order chi connectivity index (χ0) is 19.3. The summed E-state index contributed by atoms with van der Waals surface area (Å²) in [7, 11) is -3.96. The number of carbonyl (C=O) groups excluding carboxylic acids is 1. The highest BCUT2D eigenvalue weighted by molar-refractivity contribution is 14.1. The molecule has 140 valence electrons. The van der Waals surface area contributed by atoms with Crippen molar-refractivity contribution in [2.45, 2.75) is 31.3 Å². The third kappa shape index (κ3) is 4.81. The highest BCUT2D eigenvalue weighted by Crippen LogP contribution is 2.25. The van der Waals surface area contributed by atoms with Gasteiger partial charge in [0.2, 0.25) is 10.0 Å². The minimum absolute atomic E-state index is 0.0193. The van der Waals surface area contributed by atoms with E-state index in [0.29, 0.717) is 0 Å². The molecule has 1 amide bonds. The topological polar surface area (TPSA) is 86.7 Å². The third-order valence-electron chi connectivity index (χ3n) is 3.92. The van der Waals surface area contributed by atoms with Crippen molar-refractivity contribution in [1.82, 2.24) is 9.79 Å². The van der Waals surface area contributed by atoms with Gasteiger partial charge in [-0.1, -0.05) is 44.2 Å². The van der Waals surface area contributed by atoms with Gasteiger partial charge in [-0.2, -0.15) is 4.31 Å². The fourth-order valence-electron chi connectivity index (χ4n) is 2.67. The highest BCUT2D eigenvalue weighted by atomic mass is 127. The van der Waals surface area contributed by atoms with Crippen LogP contribution >= 0.6 is 22.6 Å². The number of hydroxylamine groups is 1. The number of rotatable bonds is 7. The Morgan fingerprint density at radius 2 is 1.69 bits per heavy atom. The first kappa shape index (κ1) is 20.8. The summed E-state index contributed by atoms with van der Waals surface area (Å²) >= 11 is 2.10. The molecule has 0 fully saturated rings. The molecule has 0 saturated heterocycles. The standard InChI is InChI=1S/C18H21IN2O4S/c1-13(2)17(18(22)20-23)21(12-14-6-4-3-5-7-14)26(24,25)16-10-8-15(19)9-11-16/h3-11,13,17,23H,12H2,1-2H3,(H,20,22)/t17-/m0/s1. The number of carbonyl (C=O) groups is 1. The van der Waals surface area contributed by atoms with Crippen molar-refractivity contribution in [3.63, 3.8) is 0 Å². The van der Waals surface area contributed by atoms with Crippen molar-refractivity contribution in [1.29, 1.82) is 0 Å². The molecule has 0 aliphatic rings. The lowest BCUT2D eigenvalue weighted by Crippen LogP contribution is -2.51. The smallest absolute Gasteiger partial charge is 0.262 e. The maximum Gasteiger partial charge on any atom is 0.262 e. The van der Waals surface area contributed by atoms with Gasteiger partial charge in [-0.25, -0.2) is 13.9 Å². The molecule has 2 aromatic carbocycles. The molecule has 0 heterocycles. The van der Waals surface area contributed by atoms with Crippen molar-refractivity contribution < 1.29 is 18.4 Å². The van der Waals surface area contributed by atoms with Gasteiger partial charge in [-0.3, -0.25) is 10.0 Å². The number of halogens is 1. The maximum atomic E-state index is 13.3. The molecular formula is C18H21IN2O4S. The summed E-state index contributed by atoms with van der Waals surface area (Å²) in [4.78, 5) is 12.4. The van der Waals surface area contributed by atoms with Gasteiger partial charge in [-0.15, -0.1) is 0 Å². The Bertz CT molecular complexity index is 839. The predicted octanol–water partition coefficient (Wildman–Crippen LogP) is 3.01. The summed E-state index contributed by atoms with van der Waals surface area (Å²) in [5.41, 5.74) is 2.35. The van der Waals surface area contributed by atoms with Crippen LogP contribution in [0, 0.1) is 9.49 Å². The molecule has 26 heavy (non-hydrogen) atoms. The Kier molecular flexibility index (Phi) is 7.16. The van der Waals surface area contributed by atoms with Crippen LogP contribution in [-0.4, -0.2) is 29.9 Å². The van der Waals surface area contributed by atoms with Crippen LogP contribution in [0.3, 0.4) is 0 Å². The van der Waals surface area contributed by atoms with E-state index in [0.717, 1.165) is 13.4 Å². The molecule has 6 nitrogen and oxygen atoms in total. The number of nitrogens with zero attached hydrogens (tertiary/aromatic N) is 1. The predicted molar refractivity (Wildman–Crippen MR) is 107 cm³/mol. The van der Waals surface area contributed by atoms with Crippen molar-refractivity contribution in [2.75, 3.05) is 0 Å². The first-order chi connectivity index (χ1) is 12.3. The van der Waals surface area contributed by atoms with Gasteiger partial charge in [0.1, 0.15) is 6.04 Å². The normalized spacial score (nSPS) is 13.0. The van der Waals surface area contributed by atoms with E-state index < -0.39 is 22.0 Å². The van der Waals surface area contributed by atoms with Crippen molar-refractivity contribution in [3.05, 3.63) is 63.7 Å². The average Bonchev–Trinajstić information content (AvgIpc) is 2.62. The summed E-state index contributed by atoms with van der Waals surface area (Å²) in [5, 5.41) is 9.12. The fourth-order valence-corrected chi connectivity index (χ4v) is 4.74. The van der Waals surface area contributed by atoms with Gasteiger partial charge in [0.25, 0.3) is 5.91 Å². The quantitative estimate of drug-likeness (QED) is 0.357. The van der Waals surface area contributed by atoms with E-state index in [1.165, 1.54) is 12.1 Å². The fraction of sp³-hybridized carbons (Fsp3) is 0.278. The number of sulfonamides is 1. The lowest BCUT2D eigenvalue weighted by molar-refractivity contribution is -0.134. The number of amides is 1. The minimum atomic E-state index is -3.96. The number of hydrogen-bond donors (Lipinski definition) is 2. The van der Waals surface area contributed by atoms with Crippen LogP contribution in [0.1, 0.15) is 19.4 Å². The second-order valence-corrected chi connectivity index (χ2v) is 9.29. The molecule has 0 aliphatic carbocycles. The lowest BCUT2D eigenvalue weighted by Gasteiger charge is -2.32. The van der Waals surface area contributed by atoms with Gasteiger partial charge < -0.3 is 0 Å². The Hall–Kier alpha value is -1.49. The van der Waals surface area contributed by atoms with Crippen molar-refractivity contribution >= 4 is 38.5 Å². The first-order valence-electron chi connectivity index (χ1n) is 8.02. The van der Waals surface area contributed by atoms with Crippen LogP contribution in [0.25, 0.3) is 0 Å². The molecule has 2 rings (SSSR count). The van der Waals surface area contributed by atoms with Crippen LogP contribution in [0.15, 0.2) is 59.5 Å². The number of hydrogen-bond acceptors (Lipinski definition) is 4. The summed E-state index contributed by atoms with van der Waals surface area (Å²) in [5.74, 6) is -1.10. The largest absolute Gasteiger partial charge is 0.289 e. The van der Waals surface area contributed by atoms with Crippen LogP contribution in [0.2, 0.25) is 0 Å². The Morgan fingerprint density at radius 1 is 1.12 bits per heavy atom. The molecule has 2 N–H and O–H groups in total. The summed E-state index contributed by atoms with van der Waals surface area (Å²) < 4.78 is 28.6. The van der Waals surface area contributed by atoms with Crippen LogP contribution in [0.5, 0.6) is 0 Å². The monoisotopic (exact) mass is 488 g/mol. The van der Waals surface area contributed by atoms with Crippen LogP contribution in [-0.2, 0) is 21.4 Å². The molecule has 0 spiro atoms. The molecular weight excluding hydrogens is 467 g/mol. The summed E-state index contributed by atoms with van der Waals surface area (Å²) in [6, 6.07) is 14.4. The van der Waals surface area contributed by atoms with Gasteiger partial charge in [-0.05, 0) is 58.3 Å². The second kappa shape index (κ2) is 8.94. The van der Waals surface area contributed by atoms with Crippen molar-refractivity contribution in [3.8, 4) is 0 Å². The SMILES string of the molecule is CC(C)[C@@H](C(=O)NO)N(Cc1ccccc1)S(=O)(=O)c1ccc(I)cc1. The minimum Gasteiger partial charge on any atom is -0.289 e. The molecule has 8 heteroatoms. The summed E-state index contributed by atoms with van der Waals surface area (Å²) in [6.45, 7) is 3.49. The van der Waals surface area contributed by atoms with E-state index in [1.54, 1.807) is 43.6 Å². The summed E-state index contributed by atoms with van der Waals surface area (Å²) in [6.07, 6.45) is 0. The Balaban J connectivity index is 2.54. The molecule has 0 aromatic heterocycles. The van der Waals surface area contributed by atoms with E-state index in [-0.39, 0.29) is 17.4 Å². The van der Waals surface area contributed by atoms with E-state index in [9.17, 15) is 13.2 Å². The number of benzene rings is 2. The molecule has 1 atom stereocenters. The van der Waals surface area contributed by atoms with E-state index in [4.69, 9.17) is 5.21 Å². The lowest BCUT2D eigenvalue weighted by atomic mass is 10.0. The molecule has 0 radical (unpaired) electrons. The van der Waals surface area contributed by atoms with Gasteiger partial charge in [0.05, 0.1) is 4.90 Å². The van der Waals surface area contributed by atoms with E-state index >= 15 is 0 Å². The second-order valence-electron chi connectivity index (χ2n) is 6.15. The zero-order valence-electron chi connectivity index (χ0n) is 14.5. The number of nitrogens with one attached hydrogen (secondary N) is 1. The van der Waals surface area contributed by atoms with Gasteiger partial charge >= 0.3 is 0 Å². The maximum absolute atomic E-state index is 13.3. The van der Waals surface area contributed by atoms with Crippen molar-refractivity contribution in [2.24, 2.45) is 5.92 Å². The van der Waals surface area contributed by atoms with E-state index in [2.05, 4.69) is 22.6 Å². The first-order valence-corrected chi connectivity index (χ1v) is 10.5. The Morgan fingerprint density at radius 3 is 2.19 bits per heavy atom. The average molecular weight is 488 g/mol. The highest BCUT2D eigenvalue weighted by Gasteiger charge is 2.37. The molecule has 0 saturated carbocycles. The van der Waals surface area contributed by atoms with Gasteiger partial charge in [0, 0.05) is 10.1 Å². The molecule has 0 unspecified atom stereocenters. The van der Waals surface area contributed by atoms with Crippen LogP contribution < -0.4 is 5.48 Å². The molecule has 2 aromatic rings. The van der Waals surface area contributed by atoms with Gasteiger partial charge in [0.15, 0.2) is 0 Å². The Labute approximate surface area is 167 Å². The molecule has 0 aliphatic heterocycles. The van der Waals surface area contributed by atoms with Crippen LogP contribution in [0.4, 0.5) is 0 Å². The van der Waals surface area contributed by atoms with E-state index in [1.807, 2.05) is 18.2 Å².